The molecule has 0 saturated heterocycles. The predicted molar refractivity (Wildman–Crippen MR) is 115 cm³/mol. The van der Waals surface area contributed by atoms with Gasteiger partial charge in [0.15, 0.2) is 4.96 Å². The molecule has 154 valence electrons. The molecule has 0 radical (unpaired) electrons. The van der Waals surface area contributed by atoms with Gasteiger partial charge in [-0.05, 0) is 37.8 Å². The molecule has 1 amide bonds. The van der Waals surface area contributed by atoms with Crippen molar-refractivity contribution < 1.29 is 14.3 Å². The van der Waals surface area contributed by atoms with Crippen LogP contribution in [-0.4, -0.2) is 26.5 Å². The Kier molecular flexibility index (Phi) is 5.08. The highest BCUT2D eigenvalue weighted by Crippen LogP contribution is 2.36. The van der Waals surface area contributed by atoms with Gasteiger partial charge < -0.3 is 10.1 Å². The second-order valence-corrected chi connectivity index (χ2v) is 9.65. The molecule has 0 bridgehead atoms. The van der Waals surface area contributed by atoms with Crippen molar-refractivity contribution >= 4 is 45.6 Å². The third-order valence-corrected chi connectivity index (χ3v) is 7.67. The number of amides is 1. The first-order valence-electron chi connectivity index (χ1n) is 9.84. The van der Waals surface area contributed by atoms with Gasteiger partial charge in [-0.25, -0.2) is 4.98 Å². The van der Waals surface area contributed by atoms with E-state index in [1.54, 1.807) is 4.40 Å². The van der Waals surface area contributed by atoms with Crippen LogP contribution in [0.3, 0.4) is 0 Å². The number of rotatable bonds is 4. The van der Waals surface area contributed by atoms with Crippen LogP contribution < -0.4 is 10.9 Å². The smallest absolute Gasteiger partial charge is 0.307 e. The van der Waals surface area contributed by atoms with E-state index in [0.717, 1.165) is 42.0 Å². The fourth-order valence-corrected chi connectivity index (χ4v) is 6.13. The minimum absolute atomic E-state index is 0.0423. The number of ether oxygens (including phenoxy) is 1. The van der Waals surface area contributed by atoms with Gasteiger partial charge in [0.1, 0.15) is 6.61 Å². The van der Waals surface area contributed by atoms with Crippen molar-refractivity contribution in [1.82, 2.24) is 9.38 Å². The topological polar surface area (TPSA) is 89.8 Å². The number of thiazole rings is 1. The molecule has 1 N–H and O–H groups in total. The van der Waals surface area contributed by atoms with Gasteiger partial charge in [-0.2, -0.15) is 0 Å². The lowest BCUT2D eigenvalue weighted by molar-refractivity contribution is -0.145. The highest BCUT2D eigenvalue weighted by Gasteiger charge is 2.29. The van der Waals surface area contributed by atoms with E-state index in [1.165, 1.54) is 34.0 Å². The van der Waals surface area contributed by atoms with Crippen LogP contribution in [0.2, 0.25) is 0 Å². The number of benzene rings is 1. The van der Waals surface area contributed by atoms with Crippen LogP contribution in [0.4, 0.5) is 5.69 Å². The van der Waals surface area contributed by atoms with E-state index >= 15 is 0 Å². The van der Waals surface area contributed by atoms with E-state index in [1.807, 2.05) is 24.3 Å². The number of carbonyl (C=O) groups excluding carboxylic acids is 2. The van der Waals surface area contributed by atoms with Crippen molar-refractivity contribution in [2.75, 3.05) is 5.32 Å². The molecule has 0 saturated carbocycles. The molecule has 0 fully saturated rings. The van der Waals surface area contributed by atoms with Crippen LogP contribution in [0.1, 0.15) is 35.5 Å². The van der Waals surface area contributed by atoms with Gasteiger partial charge in [0, 0.05) is 21.5 Å². The SMILES string of the molecule is O=C(CC1Sc2ccccc2NC1=O)OCc1cc(=O)n2c3c(sc2n1)CCCC3. The number of anilines is 1. The zero-order valence-electron chi connectivity index (χ0n) is 16.1. The number of hydrogen-bond acceptors (Lipinski definition) is 7. The molecule has 7 nitrogen and oxygen atoms in total. The number of para-hydroxylation sites is 1. The summed E-state index contributed by atoms with van der Waals surface area (Å²) >= 11 is 2.89. The zero-order valence-corrected chi connectivity index (χ0v) is 17.7. The average molecular weight is 442 g/mol. The van der Waals surface area contributed by atoms with E-state index in [4.69, 9.17) is 4.74 Å². The number of aryl methyl sites for hydroxylation is 2. The van der Waals surface area contributed by atoms with Crippen LogP contribution in [0, 0.1) is 0 Å². The summed E-state index contributed by atoms with van der Waals surface area (Å²) in [7, 11) is 0. The van der Waals surface area contributed by atoms with Gasteiger partial charge in [0.05, 0.1) is 23.1 Å². The summed E-state index contributed by atoms with van der Waals surface area (Å²) in [4.78, 5) is 44.5. The molecule has 1 aliphatic heterocycles. The Bertz CT molecular complexity index is 1220. The summed E-state index contributed by atoms with van der Waals surface area (Å²) in [6, 6.07) is 8.91. The minimum atomic E-state index is -0.544. The summed E-state index contributed by atoms with van der Waals surface area (Å²) in [5.74, 6) is -0.702. The number of esters is 1. The molecule has 5 rings (SSSR count). The molecule has 0 spiro atoms. The second-order valence-electron chi connectivity index (χ2n) is 7.34. The van der Waals surface area contributed by atoms with E-state index in [9.17, 15) is 14.4 Å². The summed E-state index contributed by atoms with van der Waals surface area (Å²) in [6.45, 7) is -0.0806. The lowest BCUT2D eigenvalue weighted by atomic mass is 10.0. The molecule has 3 heterocycles. The fraction of sp³-hybridized carbons (Fsp3) is 0.333. The third kappa shape index (κ3) is 3.63. The summed E-state index contributed by atoms with van der Waals surface area (Å²) in [5, 5.41) is 2.27. The van der Waals surface area contributed by atoms with Gasteiger partial charge >= 0.3 is 5.97 Å². The van der Waals surface area contributed by atoms with Crippen molar-refractivity contribution in [3.8, 4) is 0 Å². The largest absolute Gasteiger partial charge is 0.459 e. The monoisotopic (exact) mass is 441 g/mol. The van der Waals surface area contributed by atoms with Crippen LogP contribution >= 0.6 is 23.1 Å². The second kappa shape index (κ2) is 7.88. The van der Waals surface area contributed by atoms with E-state index in [2.05, 4.69) is 10.3 Å². The maximum Gasteiger partial charge on any atom is 0.307 e. The first-order valence-corrected chi connectivity index (χ1v) is 11.5. The normalized spacial score (nSPS) is 17.9. The van der Waals surface area contributed by atoms with Gasteiger partial charge in [-0.1, -0.05) is 12.1 Å². The van der Waals surface area contributed by atoms with Crippen LogP contribution in [0.25, 0.3) is 4.96 Å². The summed E-state index contributed by atoms with van der Waals surface area (Å²) in [5.41, 5.74) is 2.12. The highest BCUT2D eigenvalue weighted by molar-refractivity contribution is 8.01. The number of carbonyl (C=O) groups is 2. The molecular weight excluding hydrogens is 422 g/mol. The van der Waals surface area contributed by atoms with Crippen molar-refractivity contribution in [3.05, 3.63) is 57.0 Å². The molecule has 3 aromatic rings. The number of aromatic nitrogens is 2. The lowest BCUT2D eigenvalue weighted by Gasteiger charge is -2.23. The lowest BCUT2D eigenvalue weighted by Crippen LogP contribution is -2.31. The predicted octanol–water partition coefficient (Wildman–Crippen LogP) is 3.18. The Morgan fingerprint density at radius 3 is 2.97 bits per heavy atom. The van der Waals surface area contributed by atoms with Gasteiger partial charge in [0.2, 0.25) is 5.91 Å². The number of nitrogens with zero attached hydrogens (tertiary/aromatic N) is 2. The number of fused-ring (bicyclic) bond motifs is 4. The quantitative estimate of drug-likeness (QED) is 0.626. The molecule has 1 atom stereocenters. The van der Waals surface area contributed by atoms with Crippen molar-refractivity contribution in [1.29, 1.82) is 0 Å². The summed E-state index contributed by atoms with van der Waals surface area (Å²) in [6.07, 6.45) is 4.06. The zero-order chi connectivity index (χ0) is 20.7. The molecular formula is C21H19N3O4S2. The molecule has 1 unspecified atom stereocenters. The van der Waals surface area contributed by atoms with Gasteiger partial charge in [-0.3, -0.25) is 18.8 Å². The molecule has 2 aromatic heterocycles. The van der Waals surface area contributed by atoms with Crippen LogP contribution in [-0.2, 0) is 33.8 Å². The van der Waals surface area contributed by atoms with E-state index in [0.29, 0.717) is 10.7 Å². The average Bonchev–Trinajstić information content (AvgIpc) is 3.12. The Morgan fingerprint density at radius 2 is 2.07 bits per heavy atom. The Labute approximate surface area is 180 Å². The van der Waals surface area contributed by atoms with Crippen LogP contribution in [0.5, 0.6) is 0 Å². The standard InChI is InChI=1S/C21H19N3O4S2/c25-18-9-12(22-21-24(18)14-6-2-4-8-16(14)30-21)11-28-19(26)10-17-20(27)23-13-5-1-3-7-15(13)29-17/h1,3,5,7,9,17H,2,4,6,8,10-11H2,(H,23,27). The Balaban J connectivity index is 1.26. The van der Waals surface area contributed by atoms with Crippen molar-refractivity contribution in [3.63, 3.8) is 0 Å². The van der Waals surface area contributed by atoms with Gasteiger partial charge in [-0.15, -0.1) is 23.1 Å². The molecule has 2 aliphatic rings. The third-order valence-electron chi connectivity index (χ3n) is 5.25. The number of nitrogens with one attached hydrogen (secondary N) is 1. The maximum absolute atomic E-state index is 12.6. The maximum atomic E-state index is 12.6. The van der Waals surface area contributed by atoms with Crippen molar-refractivity contribution in [2.24, 2.45) is 0 Å². The highest BCUT2D eigenvalue weighted by atomic mass is 32.2. The Hall–Kier alpha value is -2.65. The summed E-state index contributed by atoms with van der Waals surface area (Å²) < 4.78 is 7.02. The first kappa shape index (κ1) is 19.3. The van der Waals surface area contributed by atoms with E-state index in [-0.39, 0.29) is 24.5 Å². The van der Waals surface area contributed by atoms with Gasteiger partial charge in [0.25, 0.3) is 5.56 Å². The molecule has 9 heteroatoms. The minimum Gasteiger partial charge on any atom is -0.459 e. The molecule has 1 aliphatic carbocycles. The van der Waals surface area contributed by atoms with Crippen molar-refractivity contribution in [2.45, 2.75) is 48.9 Å². The molecule has 1 aromatic carbocycles. The Morgan fingerprint density at radius 1 is 1.23 bits per heavy atom. The van der Waals surface area contributed by atoms with Crippen LogP contribution in [0.15, 0.2) is 40.0 Å². The fourth-order valence-electron chi connectivity index (χ4n) is 3.81. The number of thioether (sulfide) groups is 1. The van der Waals surface area contributed by atoms with E-state index < -0.39 is 11.2 Å². The molecule has 30 heavy (non-hydrogen) atoms. The first-order chi connectivity index (χ1) is 14.6. The number of hydrogen-bond donors (Lipinski definition) is 1.